The first kappa shape index (κ1) is 9.65. The zero-order valence-corrected chi connectivity index (χ0v) is 7.52. The maximum atomic E-state index is 10.2. The molecule has 0 bridgehead atoms. The Kier molecular flexibility index (Phi) is 3.89. The van der Waals surface area contributed by atoms with Crippen LogP contribution in [0.3, 0.4) is 0 Å². The van der Waals surface area contributed by atoms with Gasteiger partial charge in [-0.3, -0.25) is 0 Å². The molecule has 0 aromatic heterocycles. The van der Waals surface area contributed by atoms with Crippen LogP contribution in [0.1, 0.15) is 17.9 Å². The third-order valence-electron chi connectivity index (χ3n) is 2.02. The average Bonchev–Trinajstić information content (AvgIpc) is 2.19. The largest absolute Gasteiger partial charge is 0.151 e. The summed E-state index contributed by atoms with van der Waals surface area (Å²) in [5.74, 6) is 0.191. The molecule has 0 aliphatic heterocycles. The third kappa shape index (κ3) is 2.82. The van der Waals surface area contributed by atoms with Crippen LogP contribution in [0.2, 0.25) is 0 Å². The summed E-state index contributed by atoms with van der Waals surface area (Å²) in [4.78, 5) is 10.2. The van der Waals surface area contributed by atoms with Gasteiger partial charge in [-0.25, -0.2) is 0 Å². The van der Waals surface area contributed by atoms with Crippen molar-refractivity contribution in [2.75, 3.05) is 6.54 Å². The van der Waals surface area contributed by atoms with E-state index in [1.807, 2.05) is 36.4 Å². The molecule has 1 atom stereocenters. The molecule has 0 spiro atoms. The second-order valence-corrected chi connectivity index (χ2v) is 2.94. The van der Waals surface area contributed by atoms with E-state index in [1.54, 1.807) is 0 Å². The monoisotopic (exact) mass is 175 g/mol. The highest BCUT2D eigenvalue weighted by Crippen LogP contribution is 2.19. The van der Waals surface area contributed by atoms with Gasteiger partial charge < -0.3 is 0 Å². The Morgan fingerprint density at radius 3 is 2.62 bits per heavy atom. The van der Waals surface area contributed by atoms with Crippen molar-refractivity contribution in [2.45, 2.75) is 12.3 Å². The molecular weight excluding hydrogens is 162 g/mol. The van der Waals surface area contributed by atoms with E-state index in [9.17, 15) is 4.91 Å². The molecule has 0 heterocycles. The summed E-state index contributed by atoms with van der Waals surface area (Å²) < 4.78 is 0. The van der Waals surface area contributed by atoms with E-state index in [-0.39, 0.29) is 5.92 Å². The molecule has 0 N–H and O–H groups in total. The number of nitroso groups, excluding NO2 is 1. The van der Waals surface area contributed by atoms with Crippen LogP contribution in [0.5, 0.6) is 0 Å². The summed E-state index contributed by atoms with van der Waals surface area (Å²) in [5, 5.41) is 2.93. The van der Waals surface area contributed by atoms with Crippen molar-refractivity contribution in [3.8, 4) is 0 Å². The second-order valence-electron chi connectivity index (χ2n) is 2.94. The molecule has 0 aliphatic carbocycles. The Hall–Kier alpha value is -1.44. The number of hydrogen-bond acceptors (Lipinski definition) is 2. The molecule has 2 heteroatoms. The molecule has 0 saturated carbocycles. The highest BCUT2D eigenvalue weighted by atomic mass is 16.3. The van der Waals surface area contributed by atoms with Gasteiger partial charge in [0.25, 0.3) is 0 Å². The van der Waals surface area contributed by atoms with Gasteiger partial charge in [-0.1, -0.05) is 41.6 Å². The number of rotatable bonds is 5. The molecule has 1 rings (SSSR count). The predicted molar refractivity (Wildman–Crippen MR) is 54.7 cm³/mol. The topological polar surface area (TPSA) is 29.4 Å². The van der Waals surface area contributed by atoms with Crippen molar-refractivity contribution in [3.63, 3.8) is 0 Å². The highest BCUT2D eigenvalue weighted by molar-refractivity contribution is 5.20. The van der Waals surface area contributed by atoms with E-state index in [0.717, 1.165) is 12.0 Å². The van der Waals surface area contributed by atoms with Gasteiger partial charge in [0.1, 0.15) is 0 Å². The smallest absolute Gasteiger partial charge is 0.0882 e. The predicted octanol–water partition coefficient (Wildman–Crippen LogP) is 3.11. The fourth-order valence-electron chi connectivity index (χ4n) is 1.33. The van der Waals surface area contributed by atoms with Gasteiger partial charge in [-0.15, -0.1) is 6.58 Å². The first-order valence-electron chi connectivity index (χ1n) is 4.33. The lowest BCUT2D eigenvalue weighted by atomic mass is 9.96. The molecule has 68 valence electrons. The minimum absolute atomic E-state index is 0.191. The van der Waals surface area contributed by atoms with Crippen molar-refractivity contribution in [1.82, 2.24) is 0 Å². The van der Waals surface area contributed by atoms with Gasteiger partial charge in [0, 0.05) is 5.92 Å². The van der Waals surface area contributed by atoms with Gasteiger partial charge in [0.2, 0.25) is 0 Å². The van der Waals surface area contributed by atoms with Crippen molar-refractivity contribution >= 4 is 0 Å². The van der Waals surface area contributed by atoms with Crippen LogP contribution in [0, 0.1) is 4.91 Å². The molecule has 1 aromatic rings. The Morgan fingerprint density at radius 2 is 2.08 bits per heavy atom. The maximum absolute atomic E-state index is 10.2. The van der Waals surface area contributed by atoms with Crippen molar-refractivity contribution in [1.29, 1.82) is 0 Å². The zero-order chi connectivity index (χ0) is 9.52. The molecule has 0 fully saturated rings. The quantitative estimate of drug-likeness (QED) is 0.499. The average molecular weight is 175 g/mol. The number of hydrogen-bond donors (Lipinski definition) is 0. The Labute approximate surface area is 78.3 Å². The fraction of sp³-hybridized carbons (Fsp3) is 0.273. The van der Waals surface area contributed by atoms with Crippen LogP contribution in [0.15, 0.2) is 48.2 Å². The molecular formula is C11H13NO. The maximum Gasteiger partial charge on any atom is 0.0882 e. The molecule has 0 saturated heterocycles. The Morgan fingerprint density at radius 1 is 1.38 bits per heavy atom. The standard InChI is InChI=1S/C11H13NO/c1-2-6-11(9-12-13)10-7-4-3-5-8-10/h2-5,7-8,11H,1,6,9H2. The van der Waals surface area contributed by atoms with Crippen LogP contribution in [-0.2, 0) is 0 Å². The Balaban J connectivity index is 2.75. The third-order valence-corrected chi connectivity index (χ3v) is 2.02. The minimum Gasteiger partial charge on any atom is -0.151 e. The second kappa shape index (κ2) is 5.25. The van der Waals surface area contributed by atoms with Crippen LogP contribution in [0.4, 0.5) is 0 Å². The highest BCUT2D eigenvalue weighted by Gasteiger charge is 2.08. The summed E-state index contributed by atoms with van der Waals surface area (Å²) in [6.45, 7) is 3.99. The summed E-state index contributed by atoms with van der Waals surface area (Å²) in [6, 6.07) is 9.92. The fourth-order valence-corrected chi connectivity index (χ4v) is 1.33. The van der Waals surface area contributed by atoms with E-state index >= 15 is 0 Å². The number of allylic oxidation sites excluding steroid dienone is 1. The summed E-state index contributed by atoms with van der Waals surface area (Å²) in [5.41, 5.74) is 1.15. The van der Waals surface area contributed by atoms with Crippen LogP contribution in [0.25, 0.3) is 0 Å². The van der Waals surface area contributed by atoms with Gasteiger partial charge in [-0.2, -0.15) is 4.91 Å². The molecule has 1 aromatic carbocycles. The molecule has 0 radical (unpaired) electrons. The van der Waals surface area contributed by atoms with Gasteiger partial charge in [0.05, 0.1) is 6.54 Å². The minimum atomic E-state index is 0.191. The van der Waals surface area contributed by atoms with Crippen LogP contribution in [-0.4, -0.2) is 6.54 Å². The van der Waals surface area contributed by atoms with E-state index < -0.39 is 0 Å². The first-order valence-corrected chi connectivity index (χ1v) is 4.33. The Bertz CT molecular complexity index is 259. The van der Waals surface area contributed by atoms with E-state index in [0.29, 0.717) is 6.54 Å². The zero-order valence-electron chi connectivity index (χ0n) is 7.52. The van der Waals surface area contributed by atoms with Gasteiger partial charge >= 0.3 is 0 Å². The van der Waals surface area contributed by atoms with Crippen molar-refractivity contribution < 1.29 is 0 Å². The van der Waals surface area contributed by atoms with E-state index in [4.69, 9.17) is 0 Å². The van der Waals surface area contributed by atoms with Gasteiger partial charge in [-0.05, 0) is 12.0 Å². The SMILES string of the molecule is C=CCC(CN=O)c1ccccc1. The normalized spacial score (nSPS) is 12.0. The first-order chi connectivity index (χ1) is 6.38. The van der Waals surface area contributed by atoms with E-state index in [2.05, 4.69) is 11.8 Å². The molecule has 0 amide bonds. The van der Waals surface area contributed by atoms with E-state index in [1.165, 1.54) is 0 Å². The molecule has 13 heavy (non-hydrogen) atoms. The molecule has 0 aliphatic rings. The lowest BCUT2D eigenvalue weighted by Crippen LogP contribution is -2.00. The van der Waals surface area contributed by atoms with Gasteiger partial charge in [0.15, 0.2) is 0 Å². The summed E-state index contributed by atoms with van der Waals surface area (Å²) >= 11 is 0. The summed E-state index contributed by atoms with van der Waals surface area (Å²) in [6.07, 6.45) is 2.62. The van der Waals surface area contributed by atoms with Crippen LogP contribution >= 0.6 is 0 Å². The van der Waals surface area contributed by atoms with Crippen molar-refractivity contribution in [3.05, 3.63) is 53.5 Å². The van der Waals surface area contributed by atoms with Crippen LogP contribution < -0.4 is 0 Å². The lowest BCUT2D eigenvalue weighted by molar-refractivity contribution is 0.709. The lowest BCUT2D eigenvalue weighted by Gasteiger charge is -2.10. The summed E-state index contributed by atoms with van der Waals surface area (Å²) in [7, 11) is 0. The number of benzene rings is 1. The number of nitrogens with zero attached hydrogens (tertiary/aromatic N) is 1. The molecule has 1 unspecified atom stereocenters. The van der Waals surface area contributed by atoms with Crippen molar-refractivity contribution in [2.24, 2.45) is 5.18 Å². The molecule has 2 nitrogen and oxygen atoms in total.